The third kappa shape index (κ3) is 2.35. The summed E-state index contributed by atoms with van der Waals surface area (Å²) in [6.45, 7) is 0.169. The number of carbonyl (C=O) groups is 1. The molecule has 0 fully saturated rings. The van der Waals surface area contributed by atoms with Crippen molar-refractivity contribution >= 4 is 5.97 Å². The summed E-state index contributed by atoms with van der Waals surface area (Å²) in [6.07, 6.45) is 2.72. The maximum Gasteiger partial charge on any atom is 0.352 e. The second kappa shape index (κ2) is 4.67. The maximum atomic E-state index is 12.9. The molecule has 2 aromatic heterocycles. The Bertz CT molecular complexity index is 643. The fourth-order valence-electron chi connectivity index (χ4n) is 1.62. The van der Waals surface area contributed by atoms with Gasteiger partial charge in [-0.1, -0.05) is 0 Å². The molecule has 90 valence electrons. The molecule has 0 aliphatic heterocycles. The molecule has 0 atom stereocenters. The first-order valence-electron chi connectivity index (χ1n) is 5.04. The van der Waals surface area contributed by atoms with Gasteiger partial charge in [-0.15, -0.1) is 0 Å². The molecule has 2 rings (SSSR count). The number of carboxylic acids is 1. The van der Waals surface area contributed by atoms with Crippen molar-refractivity contribution in [3.05, 3.63) is 53.4 Å². The summed E-state index contributed by atoms with van der Waals surface area (Å²) >= 11 is 0. The van der Waals surface area contributed by atoms with E-state index >= 15 is 0 Å². The number of carboxylic acid groups (broad SMARTS) is 1. The fraction of sp³-hybridized carbons (Fsp3) is 0.0833. The van der Waals surface area contributed by atoms with Crippen LogP contribution in [0.3, 0.4) is 0 Å². The Labute approximate surface area is 102 Å². The highest BCUT2D eigenvalue weighted by molar-refractivity contribution is 5.86. The van der Waals surface area contributed by atoms with Gasteiger partial charge in [0.15, 0.2) is 0 Å². The van der Waals surface area contributed by atoms with Crippen molar-refractivity contribution in [1.82, 2.24) is 9.55 Å². The van der Waals surface area contributed by atoms with Crippen LogP contribution in [0.1, 0.15) is 21.6 Å². The number of rotatable bonds is 3. The van der Waals surface area contributed by atoms with Gasteiger partial charge in [0, 0.05) is 18.9 Å². The number of aromatic carboxylic acids is 1. The summed E-state index contributed by atoms with van der Waals surface area (Å²) < 4.78 is 14.3. The molecule has 0 amide bonds. The van der Waals surface area contributed by atoms with Gasteiger partial charge >= 0.3 is 5.97 Å². The van der Waals surface area contributed by atoms with E-state index in [1.54, 1.807) is 6.07 Å². The molecule has 1 N–H and O–H groups in total. The minimum atomic E-state index is -1.13. The Morgan fingerprint density at radius 3 is 2.94 bits per heavy atom. The number of hydrogen-bond donors (Lipinski definition) is 1. The molecule has 0 aliphatic carbocycles. The second-order valence-corrected chi connectivity index (χ2v) is 3.65. The smallest absolute Gasteiger partial charge is 0.352 e. The Hall–Kier alpha value is -2.68. The average molecular weight is 245 g/mol. The summed E-state index contributed by atoms with van der Waals surface area (Å²) in [7, 11) is 0. The molecule has 2 heterocycles. The van der Waals surface area contributed by atoms with Crippen LogP contribution in [0.25, 0.3) is 0 Å². The summed E-state index contributed by atoms with van der Waals surface area (Å²) in [5.41, 5.74) is 0.816. The molecule has 5 nitrogen and oxygen atoms in total. The van der Waals surface area contributed by atoms with E-state index in [9.17, 15) is 9.18 Å². The zero-order valence-electron chi connectivity index (χ0n) is 9.17. The molecule has 0 aromatic carbocycles. The van der Waals surface area contributed by atoms with Crippen LogP contribution < -0.4 is 0 Å². The average Bonchev–Trinajstić information content (AvgIpc) is 2.72. The highest BCUT2D eigenvalue weighted by atomic mass is 19.1. The van der Waals surface area contributed by atoms with Gasteiger partial charge in [0.2, 0.25) is 5.95 Å². The summed E-state index contributed by atoms with van der Waals surface area (Å²) in [5, 5.41) is 17.7. The summed E-state index contributed by atoms with van der Waals surface area (Å²) in [6, 6.07) is 5.95. The molecular weight excluding hydrogens is 237 g/mol. The van der Waals surface area contributed by atoms with Gasteiger partial charge in [-0.3, -0.25) is 0 Å². The summed E-state index contributed by atoms with van der Waals surface area (Å²) in [4.78, 5) is 14.4. The highest BCUT2D eigenvalue weighted by Gasteiger charge is 2.12. The molecule has 0 bridgehead atoms. The van der Waals surface area contributed by atoms with Crippen molar-refractivity contribution in [2.75, 3.05) is 0 Å². The van der Waals surface area contributed by atoms with Crippen LogP contribution in [-0.2, 0) is 6.54 Å². The van der Waals surface area contributed by atoms with E-state index in [4.69, 9.17) is 10.4 Å². The minimum Gasteiger partial charge on any atom is -0.477 e. The standard InChI is InChI=1S/C12H8FN3O2/c13-11-4-8(1-2-15-11)6-16-7-9(5-14)3-10(16)12(17)18/h1-4,7H,6H2,(H,17,18). The molecule has 18 heavy (non-hydrogen) atoms. The highest BCUT2D eigenvalue weighted by Crippen LogP contribution is 2.11. The second-order valence-electron chi connectivity index (χ2n) is 3.65. The van der Waals surface area contributed by atoms with Gasteiger partial charge in [-0.25, -0.2) is 9.78 Å². The van der Waals surface area contributed by atoms with Crippen LogP contribution in [-0.4, -0.2) is 20.6 Å². The van der Waals surface area contributed by atoms with Crippen molar-refractivity contribution in [1.29, 1.82) is 5.26 Å². The van der Waals surface area contributed by atoms with Gasteiger partial charge in [0.05, 0.1) is 5.56 Å². The number of halogens is 1. The number of nitrogens with zero attached hydrogens (tertiary/aromatic N) is 3. The maximum absolute atomic E-state index is 12.9. The van der Waals surface area contributed by atoms with Crippen molar-refractivity contribution in [2.24, 2.45) is 0 Å². The van der Waals surface area contributed by atoms with E-state index in [2.05, 4.69) is 4.98 Å². The first-order chi connectivity index (χ1) is 8.60. The zero-order valence-corrected chi connectivity index (χ0v) is 9.17. The third-order valence-electron chi connectivity index (χ3n) is 2.39. The number of hydrogen-bond acceptors (Lipinski definition) is 3. The lowest BCUT2D eigenvalue weighted by atomic mass is 10.2. The molecule has 0 saturated heterocycles. The summed E-state index contributed by atoms with van der Waals surface area (Å²) in [5.74, 6) is -1.76. The van der Waals surface area contributed by atoms with Crippen molar-refractivity contribution < 1.29 is 14.3 Å². The van der Waals surface area contributed by atoms with Crippen LogP contribution in [0.4, 0.5) is 4.39 Å². The lowest BCUT2D eigenvalue weighted by Crippen LogP contribution is -2.08. The largest absolute Gasteiger partial charge is 0.477 e. The first kappa shape index (κ1) is 11.8. The molecule has 6 heteroatoms. The molecule has 0 saturated carbocycles. The predicted octanol–water partition coefficient (Wildman–Crippen LogP) is 1.64. The number of pyridine rings is 1. The van der Waals surface area contributed by atoms with Gasteiger partial charge in [0.25, 0.3) is 0 Å². The molecular formula is C12H8FN3O2. The molecule has 0 spiro atoms. The minimum absolute atomic E-state index is 0.0104. The van der Waals surface area contributed by atoms with Gasteiger partial charge < -0.3 is 9.67 Å². The quantitative estimate of drug-likeness (QED) is 0.833. The SMILES string of the molecule is N#Cc1cc(C(=O)O)n(Cc2ccnc(F)c2)c1. The van der Waals surface area contributed by atoms with Gasteiger partial charge in [-0.2, -0.15) is 9.65 Å². The van der Waals surface area contributed by atoms with Crippen LogP contribution in [0.15, 0.2) is 30.6 Å². The van der Waals surface area contributed by atoms with Crippen LogP contribution >= 0.6 is 0 Å². The Morgan fingerprint density at radius 1 is 1.56 bits per heavy atom. The van der Waals surface area contributed by atoms with Gasteiger partial charge in [0.1, 0.15) is 11.8 Å². The third-order valence-corrected chi connectivity index (χ3v) is 2.39. The predicted molar refractivity (Wildman–Crippen MR) is 59.4 cm³/mol. The van der Waals surface area contributed by atoms with E-state index in [-0.39, 0.29) is 17.8 Å². The lowest BCUT2D eigenvalue weighted by Gasteiger charge is -2.05. The Morgan fingerprint density at radius 2 is 2.33 bits per heavy atom. The van der Waals surface area contributed by atoms with Crippen LogP contribution in [0, 0.1) is 17.3 Å². The van der Waals surface area contributed by atoms with E-state index in [1.165, 1.54) is 29.1 Å². The fourth-order valence-corrected chi connectivity index (χ4v) is 1.62. The Balaban J connectivity index is 2.37. The molecule has 2 aromatic rings. The van der Waals surface area contributed by atoms with E-state index in [1.807, 2.05) is 6.07 Å². The van der Waals surface area contributed by atoms with Crippen molar-refractivity contribution in [2.45, 2.75) is 6.54 Å². The van der Waals surface area contributed by atoms with Crippen molar-refractivity contribution in [3.8, 4) is 6.07 Å². The Kier molecular flexibility index (Phi) is 3.06. The number of aromatic nitrogens is 2. The monoisotopic (exact) mass is 245 g/mol. The van der Waals surface area contributed by atoms with Crippen LogP contribution in [0.5, 0.6) is 0 Å². The first-order valence-corrected chi connectivity index (χ1v) is 5.04. The van der Waals surface area contributed by atoms with Crippen molar-refractivity contribution in [3.63, 3.8) is 0 Å². The molecule has 0 aliphatic rings. The number of nitriles is 1. The van der Waals surface area contributed by atoms with Crippen LogP contribution in [0.2, 0.25) is 0 Å². The molecule has 0 unspecified atom stereocenters. The van der Waals surface area contributed by atoms with E-state index in [0.29, 0.717) is 5.56 Å². The van der Waals surface area contributed by atoms with Gasteiger partial charge in [-0.05, 0) is 23.8 Å². The lowest BCUT2D eigenvalue weighted by molar-refractivity contribution is 0.0685. The zero-order chi connectivity index (χ0) is 13.1. The topological polar surface area (TPSA) is 78.9 Å². The van der Waals surface area contributed by atoms with E-state index in [0.717, 1.165) is 0 Å². The van der Waals surface area contributed by atoms with E-state index < -0.39 is 11.9 Å². The molecule has 0 radical (unpaired) electrons. The normalized spacial score (nSPS) is 10.0.